The van der Waals surface area contributed by atoms with E-state index in [0.717, 1.165) is 5.75 Å². The van der Waals surface area contributed by atoms with Crippen molar-refractivity contribution < 1.29 is 4.79 Å². The number of nitrogens with zero attached hydrogens (tertiary/aromatic N) is 1. The van der Waals surface area contributed by atoms with Gasteiger partial charge >= 0.3 is 0 Å². The summed E-state index contributed by atoms with van der Waals surface area (Å²) in [4.78, 5) is 14.5. The minimum absolute atomic E-state index is 0.0551. The van der Waals surface area contributed by atoms with Gasteiger partial charge in [0, 0.05) is 12.3 Å². The molecule has 5 heteroatoms. The lowest BCUT2D eigenvalue weighted by Gasteiger charge is -2.24. The Kier molecular flexibility index (Phi) is 7.15. The van der Waals surface area contributed by atoms with Crippen molar-refractivity contribution in [2.24, 2.45) is 0 Å². The van der Waals surface area contributed by atoms with Gasteiger partial charge in [-0.05, 0) is 49.0 Å². The van der Waals surface area contributed by atoms with Crippen molar-refractivity contribution >= 4 is 29.0 Å². The zero-order chi connectivity index (χ0) is 16.7. The van der Waals surface area contributed by atoms with Crippen LogP contribution >= 0.6 is 23.1 Å². The van der Waals surface area contributed by atoms with Crippen molar-refractivity contribution in [3.8, 4) is 0 Å². The van der Waals surface area contributed by atoms with E-state index in [-0.39, 0.29) is 17.2 Å². The summed E-state index contributed by atoms with van der Waals surface area (Å²) in [6, 6.07) is 12.6. The molecule has 0 fully saturated rings. The van der Waals surface area contributed by atoms with Gasteiger partial charge in [0.2, 0.25) is 5.91 Å². The van der Waals surface area contributed by atoms with Crippen LogP contribution in [0.25, 0.3) is 0 Å². The second-order valence-electron chi connectivity index (χ2n) is 5.72. The summed E-state index contributed by atoms with van der Waals surface area (Å²) in [6.45, 7) is 2.61. The van der Waals surface area contributed by atoms with E-state index < -0.39 is 0 Å². The molecule has 1 N–H and O–H groups in total. The first kappa shape index (κ1) is 18.0. The Bertz CT molecular complexity index is 584. The molecule has 0 spiro atoms. The Balaban J connectivity index is 1.81. The summed E-state index contributed by atoms with van der Waals surface area (Å²) < 4.78 is 0. The summed E-state index contributed by atoms with van der Waals surface area (Å²) in [7, 11) is 4.09. The normalized spacial score (nSPS) is 13.7. The summed E-state index contributed by atoms with van der Waals surface area (Å²) in [5, 5.41) is 7.26. The molecule has 124 valence electrons. The summed E-state index contributed by atoms with van der Waals surface area (Å²) in [5.41, 5.74) is 2.51. The smallest absolute Gasteiger partial charge is 0.232 e. The number of nitrogens with one attached hydrogen (secondary N) is 1. The molecule has 1 amide bonds. The van der Waals surface area contributed by atoms with Crippen LogP contribution in [-0.4, -0.2) is 36.7 Å². The lowest BCUT2D eigenvalue weighted by Crippen LogP contribution is -2.37. The number of thiophene rings is 1. The van der Waals surface area contributed by atoms with Gasteiger partial charge in [0.15, 0.2) is 0 Å². The molecule has 23 heavy (non-hydrogen) atoms. The molecule has 0 aliphatic carbocycles. The summed E-state index contributed by atoms with van der Waals surface area (Å²) >= 11 is 3.36. The fraction of sp³-hybridized carbons (Fsp3) is 0.389. The number of carbonyl (C=O) groups excluding carboxylic acids is 1. The van der Waals surface area contributed by atoms with E-state index in [2.05, 4.69) is 39.2 Å². The maximum absolute atomic E-state index is 12.3. The SMILES string of the molecule is C[C@H](SCc1ccccc1)C(=O)NC[C@H](c1ccsc1)N(C)C. The molecule has 0 saturated carbocycles. The van der Waals surface area contributed by atoms with Crippen LogP contribution in [0.1, 0.15) is 24.1 Å². The monoisotopic (exact) mass is 348 g/mol. The van der Waals surface area contributed by atoms with Crippen molar-refractivity contribution in [1.29, 1.82) is 0 Å². The second-order valence-corrected chi connectivity index (χ2v) is 7.83. The molecule has 0 radical (unpaired) electrons. The molecule has 0 unspecified atom stereocenters. The number of likely N-dealkylation sites (N-methyl/N-ethyl adjacent to an activating group) is 1. The molecule has 0 bridgehead atoms. The molecule has 2 atom stereocenters. The third-order valence-electron chi connectivity index (χ3n) is 3.73. The predicted molar refractivity (Wildman–Crippen MR) is 101 cm³/mol. The predicted octanol–water partition coefficient (Wildman–Crippen LogP) is 3.79. The fourth-order valence-corrected chi connectivity index (χ4v) is 3.85. The zero-order valence-corrected chi connectivity index (χ0v) is 15.5. The average Bonchev–Trinajstić information content (AvgIpc) is 3.07. The van der Waals surface area contributed by atoms with E-state index in [1.54, 1.807) is 23.1 Å². The first-order chi connectivity index (χ1) is 11.1. The Morgan fingerprint density at radius 3 is 2.61 bits per heavy atom. The number of rotatable bonds is 8. The molecule has 1 aromatic heterocycles. The lowest BCUT2D eigenvalue weighted by atomic mass is 10.1. The molecule has 0 saturated heterocycles. The number of amides is 1. The quantitative estimate of drug-likeness (QED) is 0.788. The van der Waals surface area contributed by atoms with E-state index in [0.29, 0.717) is 6.54 Å². The highest BCUT2D eigenvalue weighted by Crippen LogP contribution is 2.21. The molecular formula is C18H24N2OS2. The maximum atomic E-state index is 12.3. The van der Waals surface area contributed by atoms with Crippen molar-refractivity contribution in [3.05, 3.63) is 58.3 Å². The Hall–Kier alpha value is -1.30. The van der Waals surface area contributed by atoms with Crippen LogP contribution in [0.2, 0.25) is 0 Å². The van der Waals surface area contributed by atoms with Crippen molar-refractivity contribution in [2.75, 3.05) is 20.6 Å². The third-order valence-corrected chi connectivity index (χ3v) is 5.65. The number of hydrogen-bond donors (Lipinski definition) is 1. The molecular weight excluding hydrogens is 324 g/mol. The van der Waals surface area contributed by atoms with Crippen molar-refractivity contribution in [3.63, 3.8) is 0 Å². The molecule has 2 rings (SSSR count). The Labute approximate surface area is 147 Å². The number of thioether (sulfide) groups is 1. The first-order valence-corrected chi connectivity index (χ1v) is 9.69. The van der Waals surface area contributed by atoms with Gasteiger partial charge in [0.25, 0.3) is 0 Å². The molecule has 1 aromatic carbocycles. The highest BCUT2D eigenvalue weighted by atomic mass is 32.2. The van der Waals surface area contributed by atoms with Gasteiger partial charge in [-0.25, -0.2) is 0 Å². The van der Waals surface area contributed by atoms with E-state index in [9.17, 15) is 4.79 Å². The number of hydrogen-bond acceptors (Lipinski definition) is 4. The van der Waals surface area contributed by atoms with Gasteiger partial charge in [0.05, 0.1) is 11.3 Å². The Morgan fingerprint density at radius 2 is 2.00 bits per heavy atom. The number of benzene rings is 1. The van der Waals surface area contributed by atoms with Crippen molar-refractivity contribution in [2.45, 2.75) is 24.0 Å². The molecule has 0 aliphatic rings. The van der Waals surface area contributed by atoms with E-state index in [1.807, 2.05) is 39.2 Å². The highest BCUT2D eigenvalue weighted by Gasteiger charge is 2.18. The maximum Gasteiger partial charge on any atom is 0.232 e. The summed E-state index contributed by atoms with van der Waals surface area (Å²) in [5.74, 6) is 0.963. The van der Waals surface area contributed by atoms with Gasteiger partial charge in [-0.1, -0.05) is 30.3 Å². The molecule has 1 heterocycles. The molecule has 3 nitrogen and oxygen atoms in total. The standard InChI is InChI=1S/C18H24N2OS2/c1-14(23-12-15-7-5-4-6-8-15)18(21)19-11-17(20(2)3)16-9-10-22-13-16/h4-10,13-14,17H,11-12H2,1-3H3,(H,19,21)/t14-,17+/m0/s1. The van der Waals surface area contributed by atoms with Crippen LogP contribution in [0.5, 0.6) is 0 Å². The zero-order valence-electron chi connectivity index (χ0n) is 13.9. The topological polar surface area (TPSA) is 32.3 Å². The lowest BCUT2D eigenvalue weighted by molar-refractivity contribution is -0.120. The fourth-order valence-electron chi connectivity index (χ4n) is 2.28. The van der Waals surface area contributed by atoms with Gasteiger partial charge in [-0.3, -0.25) is 4.79 Å². The van der Waals surface area contributed by atoms with Crippen LogP contribution in [0, 0.1) is 0 Å². The third kappa shape index (κ3) is 5.68. The van der Waals surface area contributed by atoms with Gasteiger partial charge in [0.1, 0.15) is 0 Å². The second kappa shape index (κ2) is 9.11. The summed E-state index contributed by atoms with van der Waals surface area (Å²) in [6.07, 6.45) is 0. The van der Waals surface area contributed by atoms with Gasteiger partial charge in [-0.2, -0.15) is 11.3 Å². The minimum atomic E-state index is -0.0551. The van der Waals surface area contributed by atoms with E-state index in [1.165, 1.54) is 11.1 Å². The van der Waals surface area contributed by atoms with Crippen LogP contribution in [0.3, 0.4) is 0 Å². The van der Waals surface area contributed by atoms with Crippen LogP contribution in [-0.2, 0) is 10.5 Å². The van der Waals surface area contributed by atoms with Crippen LogP contribution in [0.4, 0.5) is 0 Å². The highest BCUT2D eigenvalue weighted by molar-refractivity contribution is 7.99. The van der Waals surface area contributed by atoms with Gasteiger partial charge in [-0.15, -0.1) is 11.8 Å². The molecule has 0 aliphatic heterocycles. The largest absolute Gasteiger partial charge is 0.353 e. The van der Waals surface area contributed by atoms with E-state index >= 15 is 0 Å². The minimum Gasteiger partial charge on any atom is -0.353 e. The first-order valence-electron chi connectivity index (χ1n) is 7.69. The Morgan fingerprint density at radius 1 is 1.26 bits per heavy atom. The average molecular weight is 349 g/mol. The van der Waals surface area contributed by atoms with Crippen LogP contribution < -0.4 is 5.32 Å². The van der Waals surface area contributed by atoms with Gasteiger partial charge < -0.3 is 10.2 Å². The molecule has 2 aromatic rings. The van der Waals surface area contributed by atoms with Crippen LogP contribution in [0.15, 0.2) is 47.2 Å². The van der Waals surface area contributed by atoms with E-state index in [4.69, 9.17) is 0 Å². The number of carbonyl (C=O) groups is 1. The van der Waals surface area contributed by atoms with Crippen molar-refractivity contribution in [1.82, 2.24) is 10.2 Å².